The van der Waals surface area contributed by atoms with Crippen LogP contribution in [0, 0.1) is 11.3 Å². The molecule has 2 aliphatic rings. The minimum absolute atomic E-state index is 0.131. The second kappa shape index (κ2) is 3.58. The maximum Gasteiger partial charge on any atom is 0.102 e. The highest BCUT2D eigenvalue weighted by atomic mass is 16.3. The van der Waals surface area contributed by atoms with E-state index < -0.39 is 0 Å². The summed E-state index contributed by atoms with van der Waals surface area (Å²) in [5.74, 6) is 0. The van der Waals surface area contributed by atoms with Crippen LogP contribution in [0.25, 0.3) is 0 Å². The molecule has 0 bridgehead atoms. The van der Waals surface area contributed by atoms with E-state index in [1.165, 1.54) is 0 Å². The summed E-state index contributed by atoms with van der Waals surface area (Å²) in [7, 11) is 0. The van der Waals surface area contributed by atoms with E-state index in [-0.39, 0.29) is 6.10 Å². The number of rotatable bonds is 2. The third-order valence-electron chi connectivity index (χ3n) is 3.67. The summed E-state index contributed by atoms with van der Waals surface area (Å²) in [4.78, 5) is 2.30. The van der Waals surface area contributed by atoms with E-state index in [1.54, 1.807) is 12.4 Å². The molecule has 0 amide bonds. The first-order valence-corrected chi connectivity index (χ1v) is 5.64. The second-order valence-electron chi connectivity index (χ2n) is 4.64. The molecular weight excluding hydrogens is 204 g/mol. The molecule has 1 aromatic rings. The molecule has 1 saturated heterocycles. The summed E-state index contributed by atoms with van der Waals surface area (Å²) in [6.45, 7) is 1.88. The van der Waals surface area contributed by atoms with Crippen LogP contribution in [0.5, 0.6) is 0 Å². The van der Waals surface area contributed by atoms with Crippen molar-refractivity contribution in [1.82, 2.24) is 14.7 Å². The van der Waals surface area contributed by atoms with Crippen molar-refractivity contribution < 1.29 is 5.11 Å². The summed E-state index contributed by atoms with van der Waals surface area (Å²) < 4.78 is 1.86. The lowest BCUT2D eigenvalue weighted by molar-refractivity contribution is -0.0669. The largest absolute Gasteiger partial charge is 0.391 e. The van der Waals surface area contributed by atoms with Crippen LogP contribution in [-0.4, -0.2) is 45.0 Å². The van der Waals surface area contributed by atoms with Crippen molar-refractivity contribution in [2.75, 3.05) is 13.1 Å². The van der Waals surface area contributed by atoms with Gasteiger partial charge in [-0.05, 0) is 12.8 Å². The first-order chi connectivity index (χ1) is 7.78. The highest BCUT2D eigenvalue weighted by Crippen LogP contribution is 2.32. The van der Waals surface area contributed by atoms with Gasteiger partial charge in [-0.2, -0.15) is 10.4 Å². The topological polar surface area (TPSA) is 65.1 Å². The van der Waals surface area contributed by atoms with Gasteiger partial charge in [-0.15, -0.1) is 0 Å². The highest BCUT2D eigenvalue weighted by Gasteiger charge is 2.41. The van der Waals surface area contributed by atoms with Crippen LogP contribution in [0.4, 0.5) is 0 Å². The Hall–Kier alpha value is -1.38. The summed E-state index contributed by atoms with van der Waals surface area (Å²) in [6.07, 6.45) is 5.30. The zero-order valence-corrected chi connectivity index (χ0v) is 8.95. The van der Waals surface area contributed by atoms with Crippen LogP contribution in [0.1, 0.15) is 24.4 Å². The summed E-state index contributed by atoms with van der Waals surface area (Å²) in [6, 6.07) is 2.81. The van der Waals surface area contributed by atoms with Crippen molar-refractivity contribution in [2.45, 2.75) is 31.0 Å². The monoisotopic (exact) mass is 218 g/mol. The Morgan fingerprint density at radius 3 is 2.75 bits per heavy atom. The van der Waals surface area contributed by atoms with Gasteiger partial charge in [0.15, 0.2) is 0 Å². The van der Waals surface area contributed by atoms with Crippen LogP contribution >= 0.6 is 0 Å². The first kappa shape index (κ1) is 9.82. The third-order valence-corrected chi connectivity index (χ3v) is 3.67. The maximum atomic E-state index is 9.53. The van der Waals surface area contributed by atoms with Gasteiger partial charge in [-0.25, -0.2) is 0 Å². The number of aliphatic hydroxyl groups is 1. The number of aliphatic hydroxyl groups excluding tert-OH is 1. The Morgan fingerprint density at radius 2 is 2.25 bits per heavy atom. The van der Waals surface area contributed by atoms with E-state index in [4.69, 9.17) is 5.26 Å². The quantitative estimate of drug-likeness (QED) is 0.766. The molecule has 2 heterocycles. The maximum absolute atomic E-state index is 9.53. The first-order valence-electron chi connectivity index (χ1n) is 5.64. The standard InChI is InChI=1S/C11H14N4O/c12-3-8-4-13-15(5-8)9-6-14(7-9)10-1-2-11(10)16/h4-5,9-11,16H,1-2,6-7H2. The highest BCUT2D eigenvalue weighted by molar-refractivity contribution is 5.22. The fraction of sp³-hybridized carbons (Fsp3) is 0.636. The molecule has 2 atom stereocenters. The minimum atomic E-state index is -0.131. The predicted octanol–water partition coefficient (Wildman–Crippen LogP) is 0.135. The molecule has 84 valence electrons. The number of likely N-dealkylation sites (tertiary alicyclic amines) is 1. The van der Waals surface area contributed by atoms with Gasteiger partial charge < -0.3 is 5.11 Å². The van der Waals surface area contributed by atoms with Crippen molar-refractivity contribution in [2.24, 2.45) is 0 Å². The molecule has 3 rings (SSSR count). The van der Waals surface area contributed by atoms with Crippen LogP contribution in [0.3, 0.4) is 0 Å². The number of aromatic nitrogens is 2. The second-order valence-corrected chi connectivity index (χ2v) is 4.64. The van der Waals surface area contributed by atoms with Gasteiger partial charge in [-0.1, -0.05) is 0 Å². The fourth-order valence-corrected chi connectivity index (χ4v) is 2.41. The number of hydrogen-bond acceptors (Lipinski definition) is 4. The van der Waals surface area contributed by atoms with E-state index in [0.29, 0.717) is 17.6 Å². The van der Waals surface area contributed by atoms with E-state index >= 15 is 0 Å². The molecular formula is C11H14N4O. The minimum Gasteiger partial charge on any atom is -0.391 e. The van der Waals surface area contributed by atoms with Crippen LogP contribution in [-0.2, 0) is 0 Å². The Labute approximate surface area is 93.9 Å². The molecule has 5 nitrogen and oxygen atoms in total. The van der Waals surface area contributed by atoms with Gasteiger partial charge >= 0.3 is 0 Å². The molecule has 2 unspecified atom stereocenters. The Kier molecular flexibility index (Phi) is 2.20. The molecule has 5 heteroatoms. The lowest BCUT2D eigenvalue weighted by atomic mass is 9.85. The van der Waals surface area contributed by atoms with Crippen molar-refractivity contribution in [3.05, 3.63) is 18.0 Å². The number of nitriles is 1. The zero-order chi connectivity index (χ0) is 11.1. The zero-order valence-electron chi connectivity index (χ0n) is 8.95. The van der Waals surface area contributed by atoms with Crippen molar-refractivity contribution >= 4 is 0 Å². The molecule has 1 N–H and O–H groups in total. The van der Waals surface area contributed by atoms with Gasteiger partial charge in [0.1, 0.15) is 6.07 Å². The number of nitrogens with zero attached hydrogens (tertiary/aromatic N) is 4. The molecule has 2 fully saturated rings. The predicted molar refractivity (Wildman–Crippen MR) is 56.6 cm³/mol. The average Bonchev–Trinajstić information content (AvgIpc) is 2.68. The molecule has 0 radical (unpaired) electrons. The van der Waals surface area contributed by atoms with Crippen molar-refractivity contribution in [3.63, 3.8) is 0 Å². The Balaban J connectivity index is 1.59. The van der Waals surface area contributed by atoms with Crippen LogP contribution in [0.2, 0.25) is 0 Å². The van der Waals surface area contributed by atoms with E-state index in [1.807, 2.05) is 4.68 Å². The Morgan fingerprint density at radius 1 is 1.44 bits per heavy atom. The smallest absolute Gasteiger partial charge is 0.102 e. The van der Waals surface area contributed by atoms with Gasteiger partial charge in [0.25, 0.3) is 0 Å². The van der Waals surface area contributed by atoms with Crippen molar-refractivity contribution in [1.29, 1.82) is 5.26 Å². The normalized spacial score (nSPS) is 30.5. The summed E-state index contributed by atoms with van der Waals surface area (Å²) in [5, 5.41) is 22.4. The third kappa shape index (κ3) is 1.42. The summed E-state index contributed by atoms with van der Waals surface area (Å²) >= 11 is 0. The van der Waals surface area contributed by atoms with Gasteiger partial charge in [0.2, 0.25) is 0 Å². The Bertz CT molecular complexity index is 429. The molecule has 1 aromatic heterocycles. The molecule has 16 heavy (non-hydrogen) atoms. The fourth-order valence-electron chi connectivity index (χ4n) is 2.41. The lowest BCUT2D eigenvalue weighted by Crippen LogP contribution is -2.60. The van der Waals surface area contributed by atoms with Gasteiger partial charge in [-0.3, -0.25) is 9.58 Å². The molecule has 0 spiro atoms. The van der Waals surface area contributed by atoms with Gasteiger partial charge in [0, 0.05) is 25.3 Å². The van der Waals surface area contributed by atoms with E-state index in [2.05, 4.69) is 16.1 Å². The number of hydrogen-bond donors (Lipinski definition) is 1. The molecule has 1 aliphatic heterocycles. The average molecular weight is 218 g/mol. The van der Waals surface area contributed by atoms with Crippen LogP contribution in [0.15, 0.2) is 12.4 Å². The summed E-state index contributed by atoms with van der Waals surface area (Å²) in [5.41, 5.74) is 0.613. The SMILES string of the molecule is N#Cc1cnn(C2CN(C3CCC3O)C2)c1. The molecule has 1 aliphatic carbocycles. The van der Waals surface area contributed by atoms with Crippen LogP contribution < -0.4 is 0 Å². The lowest BCUT2D eigenvalue weighted by Gasteiger charge is -2.49. The van der Waals surface area contributed by atoms with E-state index in [0.717, 1.165) is 25.9 Å². The molecule has 1 saturated carbocycles. The van der Waals surface area contributed by atoms with E-state index in [9.17, 15) is 5.11 Å². The van der Waals surface area contributed by atoms with Gasteiger partial charge in [0.05, 0.1) is 23.9 Å². The van der Waals surface area contributed by atoms with Crippen molar-refractivity contribution in [3.8, 4) is 6.07 Å². The molecule has 0 aromatic carbocycles.